The predicted molar refractivity (Wildman–Crippen MR) is 63.8 cm³/mol. The van der Waals surface area contributed by atoms with Gasteiger partial charge in [0.2, 0.25) is 0 Å². The molecule has 1 aliphatic rings. The lowest BCUT2D eigenvalue weighted by atomic mass is 10.1. The van der Waals surface area contributed by atoms with Crippen molar-refractivity contribution in [3.05, 3.63) is 12.2 Å². The van der Waals surface area contributed by atoms with E-state index >= 15 is 0 Å². The summed E-state index contributed by atoms with van der Waals surface area (Å²) in [5.74, 6) is -0.802. The van der Waals surface area contributed by atoms with Crippen LogP contribution in [0.4, 0.5) is 0 Å². The SMILES string of the molecule is CCN=C(CC)C(=O)CCN1C(=O)C=CC1=O. The topological polar surface area (TPSA) is 66.8 Å². The van der Waals surface area contributed by atoms with Crippen LogP contribution >= 0.6 is 0 Å². The number of amides is 2. The molecule has 1 aliphatic heterocycles. The number of Topliss-reactive ketones (excluding diaryl/α,β-unsaturated/α-hetero) is 1. The fourth-order valence-electron chi connectivity index (χ4n) is 1.60. The van der Waals surface area contributed by atoms with Crippen LogP contribution in [0, 0.1) is 0 Å². The Morgan fingerprint density at radius 3 is 2.29 bits per heavy atom. The molecule has 0 saturated carbocycles. The summed E-state index contributed by atoms with van der Waals surface area (Å²) in [5, 5.41) is 0. The molecule has 0 aromatic heterocycles. The number of rotatable bonds is 6. The largest absolute Gasteiger partial charge is 0.293 e. The van der Waals surface area contributed by atoms with E-state index < -0.39 is 0 Å². The Morgan fingerprint density at radius 1 is 1.24 bits per heavy atom. The van der Waals surface area contributed by atoms with Gasteiger partial charge in [0.15, 0.2) is 5.78 Å². The van der Waals surface area contributed by atoms with E-state index in [0.29, 0.717) is 18.7 Å². The molecule has 0 fully saturated rings. The number of carbonyl (C=O) groups excluding carboxylic acids is 3. The molecule has 2 amide bonds. The Hall–Kier alpha value is -1.78. The first-order chi connectivity index (χ1) is 8.10. The number of hydrogen-bond acceptors (Lipinski definition) is 4. The Morgan fingerprint density at radius 2 is 1.82 bits per heavy atom. The molecule has 0 aromatic rings. The summed E-state index contributed by atoms with van der Waals surface area (Å²) < 4.78 is 0. The summed E-state index contributed by atoms with van der Waals surface area (Å²) in [6, 6.07) is 0. The van der Waals surface area contributed by atoms with Crippen molar-refractivity contribution < 1.29 is 14.4 Å². The lowest BCUT2D eigenvalue weighted by Gasteiger charge is -2.12. The first-order valence-corrected chi connectivity index (χ1v) is 5.70. The second-order valence-electron chi connectivity index (χ2n) is 3.61. The number of aliphatic imine (C=N–C) groups is 1. The Balaban J connectivity index is 2.51. The molecule has 1 rings (SSSR count). The molecule has 0 aliphatic carbocycles. The first kappa shape index (κ1) is 13.3. The predicted octanol–water partition coefficient (Wildman–Crippen LogP) is 0.742. The van der Waals surface area contributed by atoms with Gasteiger partial charge in [0.25, 0.3) is 11.8 Å². The van der Waals surface area contributed by atoms with Crippen LogP contribution in [-0.4, -0.2) is 41.3 Å². The number of nitrogens with zero attached hydrogens (tertiary/aromatic N) is 2. The van der Waals surface area contributed by atoms with Gasteiger partial charge in [-0.1, -0.05) is 6.92 Å². The minimum absolute atomic E-state index is 0.0955. The molecule has 0 atom stereocenters. The van der Waals surface area contributed by atoms with Crippen LogP contribution in [0.1, 0.15) is 26.7 Å². The fourth-order valence-corrected chi connectivity index (χ4v) is 1.60. The molecular weight excluding hydrogens is 220 g/mol. The zero-order chi connectivity index (χ0) is 12.8. The molecule has 0 N–H and O–H groups in total. The van der Waals surface area contributed by atoms with Crippen LogP contribution in [0.25, 0.3) is 0 Å². The summed E-state index contributed by atoms with van der Waals surface area (Å²) >= 11 is 0. The third kappa shape index (κ3) is 3.34. The van der Waals surface area contributed by atoms with Gasteiger partial charge in [-0.3, -0.25) is 24.3 Å². The second kappa shape index (κ2) is 6.08. The van der Waals surface area contributed by atoms with E-state index in [1.807, 2.05) is 13.8 Å². The molecule has 5 heteroatoms. The average molecular weight is 236 g/mol. The highest BCUT2D eigenvalue weighted by atomic mass is 16.2. The maximum absolute atomic E-state index is 11.7. The van der Waals surface area contributed by atoms with Crippen molar-refractivity contribution in [3.63, 3.8) is 0 Å². The van der Waals surface area contributed by atoms with E-state index in [1.54, 1.807) is 0 Å². The maximum atomic E-state index is 11.7. The highest BCUT2D eigenvalue weighted by Crippen LogP contribution is 2.05. The van der Waals surface area contributed by atoms with E-state index in [2.05, 4.69) is 4.99 Å². The van der Waals surface area contributed by atoms with Gasteiger partial charge in [-0.25, -0.2) is 0 Å². The molecule has 1 heterocycles. The third-order valence-corrected chi connectivity index (χ3v) is 2.47. The smallest absolute Gasteiger partial charge is 0.253 e. The van der Waals surface area contributed by atoms with Crippen molar-refractivity contribution in [2.75, 3.05) is 13.1 Å². The molecular formula is C12H16N2O3. The van der Waals surface area contributed by atoms with Crippen molar-refractivity contribution >= 4 is 23.3 Å². The van der Waals surface area contributed by atoms with Crippen molar-refractivity contribution in [1.82, 2.24) is 4.90 Å². The molecule has 0 bridgehead atoms. The number of ketones is 1. The highest BCUT2D eigenvalue weighted by molar-refractivity contribution is 6.39. The second-order valence-corrected chi connectivity index (χ2v) is 3.61. The van der Waals surface area contributed by atoms with Crippen molar-refractivity contribution in [2.24, 2.45) is 4.99 Å². The van der Waals surface area contributed by atoms with Crippen LogP contribution in [-0.2, 0) is 14.4 Å². The Bertz CT molecular complexity index is 379. The Kier molecular flexibility index (Phi) is 4.75. The zero-order valence-corrected chi connectivity index (χ0v) is 10.1. The van der Waals surface area contributed by atoms with E-state index in [0.717, 1.165) is 4.90 Å². The summed E-state index contributed by atoms with van der Waals surface area (Å²) in [4.78, 5) is 39.4. The van der Waals surface area contributed by atoms with Crippen LogP contribution in [0.2, 0.25) is 0 Å². The minimum atomic E-state index is -0.353. The lowest BCUT2D eigenvalue weighted by Crippen LogP contribution is -2.33. The summed E-state index contributed by atoms with van der Waals surface area (Å²) in [7, 11) is 0. The summed E-state index contributed by atoms with van der Waals surface area (Å²) in [6.45, 7) is 4.42. The number of imide groups is 1. The minimum Gasteiger partial charge on any atom is -0.293 e. The Labute approximate surface area is 100 Å². The molecule has 0 unspecified atom stereocenters. The molecule has 0 saturated heterocycles. The van der Waals surface area contributed by atoms with E-state index in [1.165, 1.54) is 12.2 Å². The van der Waals surface area contributed by atoms with Crippen LogP contribution < -0.4 is 0 Å². The molecule has 17 heavy (non-hydrogen) atoms. The van der Waals surface area contributed by atoms with Gasteiger partial charge < -0.3 is 0 Å². The van der Waals surface area contributed by atoms with E-state index in [9.17, 15) is 14.4 Å². The monoisotopic (exact) mass is 236 g/mol. The van der Waals surface area contributed by atoms with Gasteiger partial charge in [-0.15, -0.1) is 0 Å². The molecule has 92 valence electrons. The van der Waals surface area contributed by atoms with Crippen LogP contribution in [0.3, 0.4) is 0 Å². The normalized spacial score (nSPS) is 15.9. The summed E-state index contributed by atoms with van der Waals surface area (Å²) in [5.41, 5.74) is 0.527. The van der Waals surface area contributed by atoms with Crippen molar-refractivity contribution in [1.29, 1.82) is 0 Å². The first-order valence-electron chi connectivity index (χ1n) is 5.70. The van der Waals surface area contributed by atoms with Gasteiger partial charge in [-0.2, -0.15) is 0 Å². The number of hydrogen-bond donors (Lipinski definition) is 0. The maximum Gasteiger partial charge on any atom is 0.253 e. The van der Waals surface area contributed by atoms with Gasteiger partial charge >= 0.3 is 0 Å². The standard InChI is InChI=1S/C12H16N2O3/c1-3-9(13-4-2)10(15)7-8-14-11(16)5-6-12(14)17/h5-6H,3-4,7-8H2,1-2H3. The summed E-state index contributed by atoms with van der Waals surface area (Å²) in [6.07, 6.45) is 3.15. The van der Waals surface area contributed by atoms with Crippen LogP contribution in [0.15, 0.2) is 17.1 Å². The molecule has 5 nitrogen and oxygen atoms in total. The zero-order valence-electron chi connectivity index (χ0n) is 10.1. The van der Waals surface area contributed by atoms with Crippen LogP contribution in [0.5, 0.6) is 0 Å². The lowest BCUT2D eigenvalue weighted by molar-refractivity contribution is -0.136. The number of carbonyl (C=O) groups is 3. The fraction of sp³-hybridized carbons (Fsp3) is 0.500. The molecule has 0 radical (unpaired) electrons. The van der Waals surface area contributed by atoms with E-state index in [4.69, 9.17) is 0 Å². The van der Waals surface area contributed by atoms with Gasteiger partial charge in [-0.05, 0) is 13.3 Å². The van der Waals surface area contributed by atoms with Crippen molar-refractivity contribution in [2.45, 2.75) is 26.7 Å². The van der Waals surface area contributed by atoms with Gasteiger partial charge in [0.05, 0.1) is 5.71 Å². The average Bonchev–Trinajstić information content (AvgIpc) is 2.63. The third-order valence-electron chi connectivity index (χ3n) is 2.47. The van der Waals surface area contributed by atoms with E-state index in [-0.39, 0.29) is 30.6 Å². The molecule has 0 aromatic carbocycles. The quantitative estimate of drug-likeness (QED) is 0.504. The van der Waals surface area contributed by atoms with Gasteiger partial charge in [0.1, 0.15) is 0 Å². The van der Waals surface area contributed by atoms with Crippen molar-refractivity contribution in [3.8, 4) is 0 Å². The van der Waals surface area contributed by atoms with Gasteiger partial charge in [0, 0.05) is 31.7 Å². The highest BCUT2D eigenvalue weighted by Gasteiger charge is 2.24. The molecule has 0 spiro atoms.